The van der Waals surface area contributed by atoms with Gasteiger partial charge in [-0.05, 0) is 49.8 Å². The number of halogens is 2. The van der Waals surface area contributed by atoms with E-state index in [2.05, 4.69) is 25.6 Å². The molecule has 2 fully saturated rings. The number of carbonyl (C=O) groups excluding carboxylic acids is 1. The Morgan fingerprint density at radius 1 is 1.37 bits per heavy atom. The summed E-state index contributed by atoms with van der Waals surface area (Å²) in [6, 6.07) is 3.56. The summed E-state index contributed by atoms with van der Waals surface area (Å²) in [5, 5.41) is 2.24. The SMILES string of the molecule is CCOC(=O)C1=C2C[C@H](CNS(=O)(=O)C3CC3)CN2C(c2nccs2)=N[C@H]1c1ccc(F)cc1Br. The first-order valence-corrected chi connectivity index (χ1v) is 14.6. The zero-order valence-electron chi connectivity index (χ0n) is 18.9. The van der Waals surface area contributed by atoms with Gasteiger partial charge in [0.1, 0.15) is 11.9 Å². The van der Waals surface area contributed by atoms with E-state index in [9.17, 15) is 17.6 Å². The van der Waals surface area contributed by atoms with Gasteiger partial charge in [-0.2, -0.15) is 0 Å². The van der Waals surface area contributed by atoms with Crippen LogP contribution in [0.25, 0.3) is 0 Å². The smallest absolute Gasteiger partial charge is 0.338 e. The van der Waals surface area contributed by atoms with Gasteiger partial charge >= 0.3 is 5.97 Å². The largest absolute Gasteiger partial charge is 0.463 e. The van der Waals surface area contributed by atoms with Crippen molar-refractivity contribution in [2.45, 2.75) is 37.5 Å². The third-order valence-corrected chi connectivity index (χ3v) is 9.63. The average molecular weight is 584 g/mol. The zero-order valence-corrected chi connectivity index (χ0v) is 22.1. The van der Waals surface area contributed by atoms with Crippen LogP contribution in [0.2, 0.25) is 0 Å². The molecule has 2 aromatic rings. The number of esters is 1. The molecule has 8 nitrogen and oxygen atoms in total. The fourth-order valence-corrected chi connectivity index (χ4v) is 7.13. The van der Waals surface area contributed by atoms with Gasteiger partial charge in [-0.3, -0.25) is 4.99 Å². The number of rotatable bonds is 8. The standard InChI is InChI=1S/C23H24BrFN4O4S2/c1-2-33-23(30)19-18-9-13(11-27-35(31,32)15-4-5-15)12-29(18)21(22-26-7-8-34-22)28-20(19)16-6-3-14(25)10-17(16)24/h3,6-8,10,13,15,20,27H,2,4-5,9,11-12H2,1H3/t13-,20+/m1/s1. The van der Waals surface area contributed by atoms with E-state index < -0.39 is 27.9 Å². The number of amidine groups is 1. The zero-order chi connectivity index (χ0) is 24.7. The molecule has 1 N–H and O–H groups in total. The highest BCUT2D eigenvalue weighted by Gasteiger charge is 2.43. The van der Waals surface area contributed by atoms with Crippen molar-refractivity contribution < 1.29 is 22.3 Å². The second-order valence-electron chi connectivity index (χ2n) is 8.71. The van der Waals surface area contributed by atoms with Crippen LogP contribution in [0.4, 0.5) is 4.39 Å². The average Bonchev–Trinajstić information content (AvgIpc) is 3.38. The normalized spacial score (nSPS) is 22.3. The van der Waals surface area contributed by atoms with Crippen molar-refractivity contribution in [2.75, 3.05) is 19.7 Å². The summed E-state index contributed by atoms with van der Waals surface area (Å²) in [4.78, 5) is 24.6. The molecule has 1 saturated carbocycles. The van der Waals surface area contributed by atoms with E-state index in [1.807, 2.05) is 10.3 Å². The van der Waals surface area contributed by atoms with Crippen molar-refractivity contribution in [3.8, 4) is 0 Å². The Bertz CT molecular complexity index is 1310. The number of thiazole rings is 1. The van der Waals surface area contributed by atoms with Gasteiger partial charge in [-0.1, -0.05) is 22.0 Å². The lowest BCUT2D eigenvalue weighted by atomic mass is 9.94. The molecular weight excluding hydrogens is 559 g/mol. The van der Waals surface area contributed by atoms with Crippen molar-refractivity contribution >= 4 is 49.1 Å². The molecule has 1 aliphatic carbocycles. The van der Waals surface area contributed by atoms with E-state index in [1.54, 1.807) is 19.2 Å². The van der Waals surface area contributed by atoms with E-state index in [4.69, 9.17) is 9.73 Å². The fourth-order valence-electron chi connectivity index (χ4n) is 4.46. The fraction of sp³-hybridized carbons (Fsp3) is 0.435. The highest BCUT2D eigenvalue weighted by molar-refractivity contribution is 9.10. The van der Waals surface area contributed by atoms with Crippen LogP contribution in [0.1, 0.15) is 42.8 Å². The summed E-state index contributed by atoms with van der Waals surface area (Å²) >= 11 is 4.86. The van der Waals surface area contributed by atoms with Crippen molar-refractivity contribution in [1.29, 1.82) is 0 Å². The molecule has 12 heteroatoms. The number of carbonyl (C=O) groups is 1. The topological polar surface area (TPSA) is 101 Å². The molecule has 35 heavy (non-hydrogen) atoms. The molecule has 0 bridgehead atoms. The van der Waals surface area contributed by atoms with Crippen molar-refractivity contribution in [3.63, 3.8) is 0 Å². The molecule has 1 saturated heterocycles. The van der Waals surface area contributed by atoms with E-state index in [1.165, 1.54) is 23.5 Å². The van der Waals surface area contributed by atoms with Gasteiger partial charge in [0.05, 0.1) is 17.4 Å². The monoisotopic (exact) mass is 582 g/mol. The molecule has 2 atom stereocenters. The van der Waals surface area contributed by atoms with E-state index >= 15 is 0 Å². The lowest BCUT2D eigenvalue weighted by Crippen LogP contribution is -2.37. The highest BCUT2D eigenvalue weighted by atomic mass is 79.9. The summed E-state index contributed by atoms with van der Waals surface area (Å²) in [6.07, 6.45) is 3.55. The molecule has 3 aliphatic rings. The number of sulfonamides is 1. The molecule has 1 aromatic carbocycles. The van der Waals surface area contributed by atoms with E-state index in [0.717, 1.165) is 5.70 Å². The number of aromatic nitrogens is 1. The summed E-state index contributed by atoms with van der Waals surface area (Å²) in [6.45, 7) is 2.69. The predicted molar refractivity (Wildman–Crippen MR) is 134 cm³/mol. The predicted octanol–water partition coefficient (Wildman–Crippen LogP) is 3.77. The maximum atomic E-state index is 13.9. The maximum absolute atomic E-state index is 13.9. The van der Waals surface area contributed by atoms with Crippen molar-refractivity contribution in [2.24, 2.45) is 10.9 Å². The summed E-state index contributed by atoms with van der Waals surface area (Å²) in [5.41, 5.74) is 1.75. The Kier molecular flexibility index (Phi) is 6.81. The number of allylic oxidation sites excluding steroid dienone is 1. The van der Waals surface area contributed by atoms with Gasteiger partial charge in [-0.25, -0.2) is 27.3 Å². The molecule has 3 heterocycles. The van der Waals surface area contributed by atoms with Crippen molar-refractivity contribution in [3.05, 3.63) is 61.9 Å². The van der Waals surface area contributed by atoms with Crippen LogP contribution in [0.3, 0.4) is 0 Å². The van der Waals surface area contributed by atoms with Gasteiger partial charge in [-0.15, -0.1) is 11.3 Å². The summed E-state index contributed by atoms with van der Waals surface area (Å²) < 4.78 is 47.3. The van der Waals surface area contributed by atoms with Gasteiger partial charge in [0.2, 0.25) is 10.0 Å². The Hall–Kier alpha value is -2.15. The molecule has 5 rings (SSSR count). The second-order valence-corrected chi connectivity index (χ2v) is 12.5. The third kappa shape index (κ3) is 4.93. The highest BCUT2D eigenvalue weighted by Crippen LogP contribution is 2.44. The number of fused-ring (bicyclic) bond motifs is 1. The first kappa shape index (κ1) is 24.5. The number of benzene rings is 1. The molecule has 2 aliphatic heterocycles. The Labute approximate surface area is 215 Å². The Morgan fingerprint density at radius 2 is 2.17 bits per heavy atom. The molecule has 186 valence electrons. The molecule has 1 aromatic heterocycles. The first-order chi connectivity index (χ1) is 16.8. The minimum Gasteiger partial charge on any atom is -0.463 e. The number of nitrogens with zero attached hydrogens (tertiary/aromatic N) is 3. The number of nitrogens with one attached hydrogen (secondary N) is 1. The van der Waals surface area contributed by atoms with Crippen LogP contribution in [0.15, 0.2) is 50.5 Å². The number of aliphatic imine (C=N–C) groups is 1. The Morgan fingerprint density at radius 3 is 2.83 bits per heavy atom. The van der Waals surface area contributed by atoms with Gasteiger partial charge in [0.15, 0.2) is 10.8 Å². The van der Waals surface area contributed by atoms with Crippen LogP contribution in [-0.2, 0) is 19.6 Å². The van der Waals surface area contributed by atoms with Crippen LogP contribution < -0.4 is 4.72 Å². The summed E-state index contributed by atoms with van der Waals surface area (Å²) in [5.74, 6) is -0.355. The molecule has 0 unspecified atom stereocenters. The van der Waals surface area contributed by atoms with Crippen LogP contribution >= 0.6 is 27.3 Å². The van der Waals surface area contributed by atoms with Crippen LogP contribution in [0.5, 0.6) is 0 Å². The second kappa shape index (κ2) is 9.72. The molecule has 0 amide bonds. The van der Waals surface area contributed by atoms with Gasteiger partial charge < -0.3 is 9.64 Å². The quantitative estimate of drug-likeness (QED) is 0.475. The Balaban J connectivity index is 1.56. The minimum atomic E-state index is -3.32. The van der Waals surface area contributed by atoms with Gasteiger partial charge in [0, 0.05) is 34.8 Å². The molecule has 0 radical (unpaired) electrons. The minimum absolute atomic E-state index is 0.0662. The number of ether oxygens (including phenoxy) is 1. The lowest BCUT2D eigenvalue weighted by Gasteiger charge is -2.32. The maximum Gasteiger partial charge on any atom is 0.338 e. The number of hydrogen-bond acceptors (Lipinski definition) is 8. The van der Waals surface area contributed by atoms with Crippen LogP contribution in [0, 0.1) is 11.7 Å². The molecule has 0 spiro atoms. The van der Waals surface area contributed by atoms with E-state index in [-0.39, 0.29) is 24.3 Å². The molecular formula is C23H24BrFN4O4S2. The first-order valence-electron chi connectivity index (χ1n) is 11.4. The van der Waals surface area contributed by atoms with E-state index in [0.29, 0.717) is 52.3 Å². The van der Waals surface area contributed by atoms with Crippen LogP contribution in [-0.4, -0.2) is 55.1 Å². The lowest BCUT2D eigenvalue weighted by molar-refractivity contribution is -0.139. The van der Waals surface area contributed by atoms with Gasteiger partial charge in [0.25, 0.3) is 0 Å². The van der Waals surface area contributed by atoms with Crippen molar-refractivity contribution in [1.82, 2.24) is 14.6 Å². The number of hydrogen-bond donors (Lipinski definition) is 1. The summed E-state index contributed by atoms with van der Waals surface area (Å²) in [7, 11) is -3.32. The third-order valence-electron chi connectivity index (χ3n) is 6.25.